The molecule has 2 amide bonds. The van der Waals surface area contributed by atoms with Crippen molar-refractivity contribution in [1.29, 1.82) is 0 Å². The highest BCUT2D eigenvalue weighted by Gasteiger charge is 2.31. The maximum atomic E-state index is 12.5. The molecular formula is C17H24N2O4S. The normalized spacial score (nSPS) is 16.9. The number of likely N-dealkylation sites (tertiary alicyclic amines) is 1. The van der Waals surface area contributed by atoms with Crippen LogP contribution in [-0.4, -0.2) is 49.0 Å². The highest BCUT2D eigenvalue weighted by Crippen LogP contribution is 2.39. The number of hydrogen-bond acceptors (Lipinski definition) is 5. The average Bonchev–Trinajstić information content (AvgIpc) is 3.07. The van der Waals surface area contributed by atoms with Crippen LogP contribution in [0.5, 0.6) is 11.5 Å². The molecule has 1 atom stereocenters. The number of rotatable bonds is 8. The molecule has 0 spiro atoms. The Kier molecular flexibility index (Phi) is 6.78. The second kappa shape index (κ2) is 8.82. The number of benzene rings is 1. The fourth-order valence-electron chi connectivity index (χ4n) is 2.96. The monoisotopic (exact) mass is 352 g/mol. The first-order valence-corrected chi connectivity index (χ1v) is 9.09. The Bertz CT molecular complexity index is 594. The van der Waals surface area contributed by atoms with Gasteiger partial charge in [0.25, 0.3) is 0 Å². The van der Waals surface area contributed by atoms with Crippen molar-refractivity contribution in [3.8, 4) is 11.5 Å². The number of carbonyl (C=O) groups excluding carboxylic acids is 2. The quantitative estimate of drug-likeness (QED) is 0.724. The Morgan fingerprint density at radius 2 is 2.12 bits per heavy atom. The van der Waals surface area contributed by atoms with Crippen LogP contribution in [0.1, 0.15) is 30.9 Å². The summed E-state index contributed by atoms with van der Waals surface area (Å²) in [5.74, 6) is 2.08. The van der Waals surface area contributed by atoms with Crippen molar-refractivity contribution in [3.05, 3.63) is 23.8 Å². The number of nitrogens with zero attached hydrogens (tertiary/aromatic N) is 1. The molecule has 0 unspecified atom stereocenters. The SMILES string of the molecule is COc1ccc([C@H]2CCCN2C(=O)CCSCC(N)=O)c(OC)c1. The lowest BCUT2D eigenvalue weighted by atomic mass is 10.0. The number of hydrogen-bond donors (Lipinski definition) is 1. The molecule has 0 bridgehead atoms. The summed E-state index contributed by atoms with van der Waals surface area (Å²) in [6.45, 7) is 0.749. The van der Waals surface area contributed by atoms with Crippen LogP contribution in [0.15, 0.2) is 18.2 Å². The molecule has 0 saturated carbocycles. The number of thioether (sulfide) groups is 1. The van der Waals surface area contributed by atoms with E-state index >= 15 is 0 Å². The number of carbonyl (C=O) groups is 2. The molecule has 1 saturated heterocycles. The minimum absolute atomic E-state index is 0.0273. The van der Waals surface area contributed by atoms with Crippen molar-refractivity contribution >= 4 is 23.6 Å². The first kappa shape index (κ1) is 18.4. The van der Waals surface area contributed by atoms with Gasteiger partial charge in [0.2, 0.25) is 11.8 Å². The van der Waals surface area contributed by atoms with Crippen LogP contribution in [-0.2, 0) is 9.59 Å². The van der Waals surface area contributed by atoms with E-state index in [1.165, 1.54) is 11.8 Å². The summed E-state index contributed by atoms with van der Waals surface area (Å²) in [6, 6.07) is 5.73. The van der Waals surface area contributed by atoms with Gasteiger partial charge in [0, 0.05) is 30.3 Å². The van der Waals surface area contributed by atoms with Crippen LogP contribution < -0.4 is 15.2 Å². The Hall–Kier alpha value is -1.89. The molecule has 24 heavy (non-hydrogen) atoms. The standard InChI is InChI=1S/C17H24N2O4S/c1-22-12-5-6-13(15(10-12)23-2)14-4-3-8-19(14)17(21)7-9-24-11-16(18)20/h5-6,10,14H,3-4,7-9,11H2,1-2H3,(H2,18,20)/t14-/m1/s1. The van der Waals surface area contributed by atoms with Gasteiger partial charge in [0.1, 0.15) is 11.5 Å². The fraction of sp³-hybridized carbons (Fsp3) is 0.529. The smallest absolute Gasteiger partial charge is 0.227 e. The average molecular weight is 352 g/mol. The molecule has 1 aliphatic heterocycles. The fourth-order valence-corrected chi connectivity index (χ4v) is 3.62. The van der Waals surface area contributed by atoms with Gasteiger partial charge in [-0.2, -0.15) is 11.8 Å². The Labute approximate surface area is 146 Å². The van der Waals surface area contributed by atoms with Gasteiger partial charge < -0.3 is 20.1 Å². The number of nitrogens with two attached hydrogens (primary N) is 1. The van der Waals surface area contributed by atoms with Gasteiger partial charge in [-0.1, -0.05) is 0 Å². The third-order valence-electron chi connectivity index (χ3n) is 4.08. The zero-order valence-corrected chi connectivity index (χ0v) is 14.9. The third kappa shape index (κ3) is 4.56. The van der Waals surface area contributed by atoms with Crippen LogP contribution in [0, 0.1) is 0 Å². The molecular weight excluding hydrogens is 328 g/mol. The van der Waals surface area contributed by atoms with Gasteiger partial charge in [0.15, 0.2) is 0 Å². The van der Waals surface area contributed by atoms with Crippen molar-refractivity contribution in [1.82, 2.24) is 4.90 Å². The largest absolute Gasteiger partial charge is 0.497 e. The van der Waals surface area contributed by atoms with Crippen LogP contribution in [0.3, 0.4) is 0 Å². The van der Waals surface area contributed by atoms with Crippen LogP contribution in [0.25, 0.3) is 0 Å². The number of ether oxygens (including phenoxy) is 2. The van der Waals surface area contributed by atoms with Gasteiger partial charge in [-0.15, -0.1) is 0 Å². The van der Waals surface area contributed by atoms with Crippen molar-refractivity contribution in [3.63, 3.8) is 0 Å². The summed E-state index contributed by atoms with van der Waals surface area (Å²) in [5, 5.41) is 0. The predicted octanol–water partition coefficient (Wildman–Crippen LogP) is 1.98. The van der Waals surface area contributed by atoms with E-state index < -0.39 is 0 Å². The summed E-state index contributed by atoms with van der Waals surface area (Å²) in [4.78, 5) is 25.2. The van der Waals surface area contributed by atoms with Crippen molar-refractivity contribution in [2.24, 2.45) is 5.73 Å². The summed E-state index contributed by atoms with van der Waals surface area (Å²) in [7, 11) is 3.24. The van der Waals surface area contributed by atoms with E-state index in [9.17, 15) is 9.59 Å². The summed E-state index contributed by atoms with van der Waals surface area (Å²) in [5.41, 5.74) is 6.11. The van der Waals surface area contributed by atoms with E-state index in [4.69, 9.17) is 15.2 Å². The van der Waals surface area contributed by atoms with Gasteiger partial charge in [-0.3, -0.25) is 9.59 Å². The summed E-state index contributed by atoms with van der Waals surface area (Å²) in [6.07, 6.45) is 2.30. The Morgan fingerprint density at radius 3 is 2.79 bits per heavy atom. The maximum absolute atomic E-state index is 12.5. The molecule has 0 aromatic heterocycles. The lowest BCUT2D eigenvalue weighted by Gasteiger charge is -2.26. The van der Waals surface area contributed by atoms with Gasteiger partial charge in [-0.25, -0.2) is 0 Å². The second-order valence-electron chi connectivity index (χ2n) is 5.62. The summed E-state index contributed by atoms with van der Waals surface area (Å²) < 4.78 is 10.7. The van der Waals surface area contributed by atoms with Crippen molar-refractivity contribution < 1.29 is 19.1 Å². The van der Waals surface area contributed by atoms with E-state index in [0.29, 0.717) is 12.2 Å². The van der Waals surface area contributed by atoms with E-state index in [1.54, 1.807) is 14.2 Å². The van der Waals surface area contributed by atoms with E-state index in [2.05, 4.69) is 0 Å². The topological polar surface area (TPSA) is 81.9 Å². The van der Waals surface area contributed by atoms with E-state index in [0.717, 1.165) is 36.4 Å². The highest BCUT2D eigenvalue weighted by molar-refractivity contribution is 7.99. The Morgan fingerprint density at radius 1 is 1.33 bits per heavy atom. The number of methoxy groups -OCH3 is 2. The summed E-state index contributed by atoms with van der Waals surface area (Å²) >= 11 is 1.39. The molecule has 7 heteroatoms. The van der Waals surface area contributed by atoms with Crippen LogP contribution in [0.4, 0.5) is 0 Å². The zero-order chi connectivity index (χ0) is 17.5. The van der Waals surface area contributed by atoms with Crippen molar-refractivity contribution in [2.45, 2.75) is 25.3 Å². The van der Waals surface area contributed by atoms with Crippen LogP contribution in [0.2, 0.25) is 0 Å². The maximum Gasteiger partial charge on any atom is 0.227 e. The van der Waals surface area contributed by atoms with E-state index in [1.807, 2.05) is 23.1 Å². The molecule has 1 fully saturated rings. The molecule has 0 aliphatic carbocycles. The molecule has 132 valence electrons. The van der Waals surface area contributed by atoms with Gasteiger partial charge in [-0.05, 0) is 25.0 Å². The molecule has 2 N–H and O–H groups in total. The Balaban J connectivity index is 2.04. The zero-order valence-electron chi connectivity index (χ0n) is 14.1. The minimum Gasteiger partial charge on any atom is -0.497 e. The van der Waals surface area contributed by atoms with Crippen LogP contribution >= 0.6 is 11.8 Å². The predicted molar refractivity (Wildman–Crippen MR) is 94.4 cm³/mol. The lowest BCUT2D eigenvalue weighted by molar-refractivity contribution is -0.131. The molecule has 1 aliphatic rings. The molecule has 1 aromatic rings. The minimum atomic E-state index is -0.352. The number of amides is 2. The first-order chi connectivity index (χ1) is 11.6. The van der Waals surface area contributed by atoms with Crippen molar-refractivity contribution in [2.75, 3.05) is 32.3 Å². The lowest BCUT2D eigenvalue weighted by Crippen LogP contribution is -2.31. The van der Waals surface area contributed by atoms with Gasteiger partial charge in [0.05, 0.1) is 26.0 Å². The third-order valence-corrected chi connectivity index (χ3v) is 5.06. The molecule has 0 radical (unpaired) electrons. The first-order valence-electron chi connectivity index (χ1n) is 7.94. The van der Waals surface area contributed by atoms with Gasteiger partial charge >= 0.3 is 0 Å². The highest BCUT2D eigenvalue weighted by atomic mass is 32.2. The molecule has 1 aromatic carbocycles. The molecule has 1 heterocycles. The number of primary amides is 1. The second-order valence-corrected chi connectivity index (χ2v) is 6.73. The molecule has 6 nitrogen and oxygen atoms in total. The van der Waals surface area contributed by atoms with E-state index in [-0.39, 0.29) is 23.6 Å². The molecule has 2 rings (SSSR count).